The molecule has 4 heteroatoms. The van der Waals surface area contributed by atoms with Gasteiger partial charge in [0.1, 0.15) is 17.5 Å². The summed E-state index contributed by atoms with van der Waals surface area (Å²) in [4.78, 5) is 11.6. The summed E-state index contributed by atoms with van der Waals surface area (Å²) < 4.78 is 18.1. The molecule has 0 unspecified atom stereocenters. The summed E-state index contributed by atoms with van der Waals surface area (Å²) in [6, 6.07) is 5.05. The van der Waals surface area contributed by atoms with E-state index in [1.807, 2.05) is 0 Å². The Labute approximate surface area is 106 Å². The largest absolute Gasteiger partial charge is 0.444 e. The second-order valence-electron chi connectivity index (χ2n) is 4.80. The predicted molar refractivity (Wildman–Crippen MR) is 67.3 cm³/mol. The number of terminal acetylenes is 1. The zero-order valence-corrected chi connectivity index (χ0v) is 10.7. The van der Waals surface area contributed by atoms with Gasteiger partial charge in [0.05, 0.1) is 0 Å². The molecule has 0 aliphatic rings. The number of carbonyl (C=O) groups is 1. The molecule has 96 valence electrons. The number of halogens is 1. The zero-order valence-electron chi connectivity index (χ0n) is 10.7. The number of benzene rings is 1. The Balaban J connectivity index is 2.75. The van der Waals surface area contributed by atoms with Gasteiger partial charge in [-0.1, -0.05) is 18.1 Å². The van der Waals surface area contributed by atoms with Crippen LogP contribution in [-0.4, -0.2) is 11.7 Å². The normalized spacial score (nSPS) is 12.4. The van der Waals surface area contributed by atoms with Gasteiger partial charge >= 0.3 is 6.09 Å². The highest BCUT2D eigenvalue weighted by Crippen LogP contribution is 2.15. The first kappa shape index (κ1) is 14.0. The standard InChI is InChI=1S/C14H16FNO2/c1-5-12(10-7-6-8-11(15)9-10)16-13(17)18-14(2,3)4/h1,6-9,12H,2-4H3,(H,16,17)/t12-/m0/s1. The Morgan fingerprint density at radius 3 is 2.67 bits per heavy atom. The fraction of sp³-hybridized carbons (Fsp3) is 0.357. The van der Waals surface area contributed by atoms with Crippen molar-refractivity contribution < 1.29 is 13.9 Å². The van der Waals surface area contributed by atoms with Gasteiger partial charge in [0, 0.05) is 0 Å². The van der Waals surface area contributed by atoms with Crippen LogP contribution in [0.3, 0.4) is 0 Å². The lowest BCUT2D eigenvalue weighted by atomic mass is 10.1. The minimum Gasteiger partial charge on any atom is -0.444 e. The maximum Gasteiger partial charge on any atom is 0.408 e. The van der Waals surface area contributed by atoms with Crippen LogP contribution in [0.4, 0.5) is 9.18 Å². The number of nitrogens with one attached hydrogen (secondary N) is 1. The number of alkyl carbamates (subject to hydrolysis) is 1. The average Bonchev–Trinajstić information content (AvgIpc) is 2.23. The number of rotatable bonds is 2. The molecule has 1 atom stereocenters. The third kappa shape index (κ3) is 4.46. The highest BCUT2D eigenvalue weighted by atomic mass is 19.1. The molecule has 1 aromatic carbocycles. The van der Waals surface area contributed by atoms with Crippen LogP contribution in [0, 0.1) is 18.2 Å². The van der Waals surface area contributed by atoms with Gasteiger partial charge in [0.25, 0.3) is 0 Å². The van der Waals surface area contributed by atoms with Gasteiger partial charge in [0.2, 0.25) is 0 Å². The molecule has 1 N–H and O–H groups in total. The van der Waals surface area contributed by atoms with Gasteiger partial charge in [0.15, 0.2) is 0 Å². The summed E-state index contributed by atoms with van der Waals surface area (Å²) in [5, 5.41) is 2.50. The summed E-state index contributed by atoms with van der Waals surface area (Å²) >= 11 is 0. The molecule has 3 nitrogen and oxygen atoms in total. The number of ether oxygens (including phenoxy) is 1. The first-order valence-corrected chi connectivity index (χ1v) is 5.53. The van der Waals surface area contributed by atoms with Crippen molar-refractivity contribution in [1.82, 2.24) is 5.32 Å². The molecule has 0 saturated carbocycles. The van der Waals surface area contributed by atoms with Crippen molar-refractivity contribution in [2.75, 3.05) is 0 Å². The number of hydrogen-bond acceptors (Lipinski definition) is 2. The third-order valence-corrected chi connectivity index (χ3v) is 2.01. The van der Waals surface area contributed by atoms with Crippen LogP contribution in [0.1, 0.15) is 32.4 Å². The van der Waals surface area contributed by atoms with Crippen molar-refractivity contribution in [1.29, 1.82) is 0 Å². The topological polar surface area (TPSA) is 38.3 Å². The van der Waals surface area contributed by atoms with E-state index in [0.29, 0.717) is 5.56 Å². The molecule has 1 rings (SSSR count). The van der Waals surface area contributed by atoms with E-state index < -0.39 is 23.6 Å². The van der Waals surface area contributed by atoms with E-state index >= 15 is 0 Å². The van der Waals surface area contributed by atoms with Crippen LogP contribution in [0.5, 0.6) is 0 Å². The zero-order chi connectivity index (χ0) is 13.8. The fourth-order valence-electron chi connectivity index (χ4n) is 1.33. The van der Waals surface area contributed by atoms with Crippen LogP contribution in [0.15, 0.2) is 24.3 Å². The summed E-state index contributed by atoms with van der Waals surface area (Å²) in [6.07, 6.45) is 4.69. The summed E-state index contributed by atoms with van der Waals surface area (Å²) in [6.45, 7) is 5.25. The van der Waals surface area contributed by atoms with Crippen LogP contribution in [0.25, 0.3) is 0 Å². The number of carbonyl (C=O) groups excluding carboxylic acids is 1. The van der Waals surface area contributed by atoms with Crippen molar-refractivity contribution in [3.05, 3.63) is 35.6 Å². The van der Waals surface area contributed by atoms with Gasteiger partial charge in [-0.2, -0.15) is 0 Å². The molecule has 18 heavy (non-hydrogen) atoms. The second-order valence-corrected chi connectivity index (χ2v) is 4.80. The van der Waals surface area contributed by atoms with Gasteiger partial charge < -0.3 is 10.1 Å². The first-order chi connectivity index (χ1) is 8.31. The first-order valence-electron chi connectivity index (χ1n) is 5.53. The molecule has 0 aliphatic carbocycles. The Morgan fingerprint density at radius 2 is 2.17 bits per heavy atom. The van der Waals surface area contributed by atoms with Crippen molar-refractivity contribution in [3.63, 3.8) is 0 Å². The highest BCUT2D eigenvalue weighted by molar-refractivity contribution is 5.69. The van der Waals surface area contributed by atoms with E-state index in [1.165, 1.54) is 18.2 Å². The van der Waals surface area contributed by atoms with Gasteiger partial charge in [-0.15, -0.1) is 6.42 Å². The smallest absolute Gasteiger partial charge is 0.408 e. The Morgan fingerprint density at radius 1 is 1.50 bits per heavy atom. The van der Waals surface area contributed by atoms with E-state index in [-0.39, 0.29) is 0 Å². The monoisotopic (exact) mass is 249 g/mol. The van der Waals surface area contributed by atoms with Crippen LogP contribution in [-0.2, 0) is 4.74 Å². The van der Waals surface area contributed by atoms with E-state index in [2.05, 4.69) is 11.2 Å². The lowest BCUT2D eigenvalue weighted by Gasteiger charge is -2.21. The van der Waals surface area contributed by atoms with Crippen LogP contribution >= 0.6 is 0 Å². The predicted octanol–water partition coefficient (Wildman–Crippen LogP) is 3.02. The molecule has 0 heterocycles. The highest BCUT2D eigenvalue weighted by Gasteiger charge is 2.19. The van der Waals surface area contributed by atoms with Crippen molar-refractivity contribution in [2.24, 2.45) is 0 Å². The maximum atomic E-state index is 13.1. The molecular weight excluding hydrogens is 233 g/mol. The Bertz CT molecular complexity index is 471. The van der Waals surface area contributed by atoms with E-state index in [0.717, 1.165) is 0 Å². The summed E-state index contributed by atoms with van der Waals surface area (Å²) in [5.74, 6) is 1.98. The third-order valence-electron chi connectivity index (χ3n) is 2.01. The van der Waals surface area contributed by atoms with Crippen LogP contribution in [0.2, 0.25) is 0 Å². The van der Waals surface area contributed by atoms with Crippen molar-refractivity contribution >= 4 is 6.09 Å². The Kier molecular flexibility index (Phi) is 4.33. The molecule has 1 amide bonds. The molecule has 0 spiro atoms. The van der Waals surface area contributed by atoms with E-state index in [1.54, 1.807) is 26.8 Å². The quantitative estimate of drug-likeness (QED) is 0.818. The lowest BCUT2D eigenvalue weighted by Crippen LogP contribution is -2.34. The maximum absolute atomic E-state index is 13.1. The van der Waals surface area contributed by atoms with Gasteiger partial charge in [-0.05, 0) is 38.5 Å². The molecule has 1 aromatic rings. The molecule has 0 saturated heterocycles. The lowest BCUT2D eigenvalue weighted by molar-refractivity contribution is 0.0515. The van der Waals surface area contributed by atoms with Gasteiger partial charge in [-0.3, -0.25) is 0 Å². The summed E-state index contributed by atoms with van der Waals surface area (Å²) in [7, 11) is 0. The number of hydrogen-bond donors (Lipinski definition) is 1. The SMILES string of the molecule is C#C[C@H](NC(=O)OC(C)(C)C)c1cccc(F)c1. The fourth-order valence-corrected chi connectivity index (χ4v) is 1.33. The Hall–Kier alpha value is -2.02. The molecule has 0 radical (unpaired) electrons. The molecule has 0 fully saturated rings. The van der Waals surface area contributed by atoms with Gasteiger partial charge in [-0.25, -0.2) is 9.18 Å². The molecule has 0 bridgehead atoms. The van der Waals surface area contributed by atoms with E-state index in [9.17, 15) is 9.18 Å². The summed E-state index contributed by atoms with van der Waals surface area (Å²) in [5.41, 5.74) is -0.103. The van der Waals surface area contributed by atoms with Crippen molar-refractivity contribution in [3.8, 4) is 12.3 Å². The number of amides is 1. The minimum absolute atomic E-state index is 0.404. The van der Waals surface area contributed by atoms with E-state index in [4.69, 9.17) is 11.2 Å². The van der Waals surface area contributed by atoms with Crippen molar-refractivity contribution in [2.45, 2.75) is 32.4 Å². The van der Waals surface area contributed by atoms with Crippen LogP contribution < -0.4 is 5.32 Å². The molecule has 0 aliphatic heterocycles. The average molecular weight is 249 g/mol. The second kappa shape index (κ2) is 5.54. The minimum atomic E-state index is -0.712. The molecule has 0 aromatic heterocycles. The molecular formula is C14H16FNO2.